The first-order chi connectivity index (χ1) is 10.9. The smallest absolute Gasteiger partial charge is 0.306 e. The molecule has 0 bridgehead atoms. The van der Waals surface area contributed by atoms with Crippen molar-refractivity contribution in [3.8, 4) is 0 Å². The quantitative estimate of drug-likeness (QED) is 0.431. The Balaban J connectivity index is 2.33. The van der Waals surface area contributed by atoms with Crippen LogP contribution in [-0.4, -0.2) is 37.3 Å². The lowest BCUT2D eigenvalue weighted by atomic mass is 10.3. The molecule has 1 amide bonds. The summed E-state index contributed by atoms with van der Waals surface area (Å²) in [6.45, 7) is 0.472. The summed E-state index contributed by atoms with van der Waals surface area (Å²) in [4.78, 5) is 23.0. The van der Waals surface area contributed by atoms with Crippen LogP contribution in [0.1, 0.15) is 12.8 Å². The van der Waals surface area contributed by atoms with Crippen molar-refractivity contribution in [2.45, 2.75) is 12.8 Å². The highest BCUT2D eigenvalue weighted by molar-refractivity contribution is 7.80. The maximum Gasteiger partial charge on any atom is 0.306 e. The van der Waals surface area contributed by atoms with Crippen molar-refractivity contribution in [2.75, 3.05) is 25.6 Å². The van der Waals surface area contributed by atoms with Crippen LogP contribution < -0.4 is 10.6 Å². The molecule has 0 saturated carbocycles. The lowest BCUT2D eigenvalue weighted by Gasteiger charge is -2.11. The summed E-state index contributed by atoms with van der Waals surface area (Å²) >= 11 is 16.8. The molecule has 9 heteroatoms. The Bertz CT molecular complexity index is 584. The van der Waals surface area contributed by atoms with Crippen LogP contribution in [0.15, 0.2) is 18.2 Å². The Morgan fingerprint density at radius 1 is 1.22 bits per heavy atom. The third-order valence-electron chi connectivity index (χ3n) is 2.54. The number of anilines is 1. The number of nitrogens with one attached hydrogen (secondary N) is 2. The molecule has 0 aromatic heterocycles. The van der Waals surface area contributed by atoms with Gasteiger partial charge in [0, 0.05) is 18.6 Å². The minimum absolute atomic E-state index is 0.0397. The Hall–Kier alpha value is -1.41. The van der Waals surface area contributed by atoms with E-state index >= 15 is 0 Å². The van der Waals surface area contributed by atoms with Crippen LogP contribution in [0.25, 0.3) is 0 Å². The normalized spacial score (nSPS) is 10.0. The number of carbonyl (C=O) groups is 2. The number of esters is 1. The van der Waals surface area contributed by atoms with Gasteiger partial charge < -0.3 is 20.1 Å². The molecule has 0 spiro atoms. The molecule has 126 valence electrons. The van der Waals surface area contributed by atoms with Gasteiger partial charge in [0.1, 0.15) is 6.61 Å². The van der Waals surface area contributed by atoms with Crippen LogP contribution in [0.5, 0.6) is 0 Å². The molecule has 1 rings (SSSR count). The topological polar surface area (TPSA) is 76.7 Å². The van der Waals surface area contributed by atoms with E-state index in [0.717, 1.165) is 0 Å². The number of halogens is 2. The minimum atomic E-state index is -0.475. The number of methoxy groups -OCH3 is 1. The highest BCUT2D eigenvalue weighted by Crippen LogP contribution is 2.25. The number of amides is 1. The highest BCUT2D eigenvalue weighted by Gasteiger charge is 2.10. The molecule has 23 heavy (non-hydrogen) atoms. The number of ether oxygens (including phenoxy) is 2. The molecule has 0 saturated heterocycles. The number of hydrogen-bond donors (Lipinski definition) is 2. The second-order valence-electron chi connectivity index (χ2n) is 4.34. The number of carbonyl (C=O) groups excluding carboxylic acids is 2. The van der Waals surface area contributed by atoms with Crippen molar-refractivity contribution in [3.05, 3.63) is 28.2 Å². The third-order valence-corrected chi connectivity index (χ3v) is 3.29. The predicted molar refractivity (Wildman–Crippen MR) is 92.9 cm³/mol. The SMILES string of the molecule is COCCOC(=O)CCC(=O)NC(=S)Nc1ccc(Cl)cc1Cl. The van der Waals surface area contributed by atoms with Crippen molar-refractivity contribution in [1.82, 2.24) is 5.32 Å². The van der Waals surface area contributed by atoms with Crippen LogP contribution in [0.4, 0.5) is 5.69 Å². The Morgan fingerprint density at radius 3 is 2.61 bits per heavy atom. The van der Waals surface area contributed by atoms with Crippen molar-refractivity contribution in [1.29, 1.82) is 0 Å². The molecule has 6 nitrogen and oxygen atoms in total. The van der Waals surface area contributed by atoms with E-state index in [0.29, 0.717) is 22.3 Å². The van der Waals surface area contributed by atoms with Gasteiger partial charge in [-0.3, -0.25) is 9.59 Å². The van der Waals surface area contributed by atoms with Crippen LogP contribution in [0.3, 0.4) is 0 Å². The van der Waals surface area contributed by atoms with E-state index < -0.39 is 11.9 Å². The fourth-order valence-corrected chi connectivity index (χ4v) is 2.14. The van der Waals surface area contributed by atoms with Gasteiger partial charge in [-0.15, -0.1) is 0 Å². The van der Waals surface area contributed by atoms with Crippen molar-refractivity contribution < 1.29 is 19.1 Å². The maximum atomic E-state index is 11.7. The molecule has 1 aromatic rings. The van der Waals surface area contributed by atoms with Crippen molar-refractivity contribution in [3.63, 3.8) is 0 Å². The molecule has 0 heterocycles. The third kappa shape index (κ3) is 8.13. The van der Waals surface area contributed by atoms with Gasteiger partial charge in [-0.05, 0) is 30.4 Å². The summed E-state index contributed by atoms with van der Waals surface area (Å²) < 4.78 is 9.58. The van der Waals surface area contributed by atoms with Crippen LogP contribution in [-0.2, 0) is 19.1 Å². The van der Waals surface area contributed by atoms with Crippen molar-refractivity contribution >= 4 is 58.1 Å². The molecule has 0 aliphatic rings. The van der Waals surface area contributed by atoms with Gasteiger partial charge in [-0.1, -0.05) is 23.2 Å². The molecule has 0 aliphatic heterocycles. The predicted octanol–water partition coefficient (Wildman–Crippen LogP) is 2.78. The van der Waals surface area contributed by atoms with E-state index in [-0.39, 0.29) is 24.6 Å². The first kappa shape index (κ1) is 19.6. The molecular formula is C14H16Cl2N2O4S. The average molecular weight is 379 g/mol. The first-order valence-electron chi connectivity index (χ1n) is 6.63. The van der Waals surface area contributed by atoms with Gasteiger partial charge in [0.25, 0.3) is 0 Å². The summed E-state index contributed by atoms with van der Waals surface area (Å²) in [6.07, 6.45) is -0.0815. The van der Waals surface area contributed by atoms with E-state index in [1.54, 1.807) is 18.2 Å². The van der Waals surface area contributed by atoms with E-state index in [4.69, 9.17) is 44.9 Å². The summed E-state index contributed by atoms with van der Waals surface area (Å²) in [5, 5.41) is 6.16. The number of benzene rings is 1. The zero-order valence-electron chi connectivity index (χ0n) is 12.4. The molecule has 0 radical (unpaired) electrons. The molecular weight excluding hydrogens is 363 g/mol. The zero-order chi connectivity index (χ0) is 17.2. The summed E-state index contributed by atoms with van der Waals surface area (Å²) in [7, 11) is 1.50. The maximum absolute atomic E-state index is 11.7. The van der Waals surface area contributed by atoms with E-state index in [1.165, 1.54) is 7.11 Å². The fraction of sp³-hybridized carbons (Fsp3) is 0.357. The van der Waals surface area contributed by atoms with Gasteiger partial charge in [0.15, 0.2) is 5.11 Å². The lowest BCUT2D eigenvalue weighted by Crippen LogP contribution is -2.34. The summed E-state index contributed by atoms with van der Waals surface area (Å²) in [5.41, 5.74) is 0.514. The molecule has 0 unspecified atom stereocenters. The van der Waals surface area contributed by atoms with Gasteiger partial charge in [0.2, 0.25) is 5.91 Å². The van der Waals surface area contributed by atoms with E-state index in [1.807, 2.05) is 0 Å². The molecule has 0 atom stereocenters. The lowest BCUT2D eigenvalue weighted by molar-refractivity contribution is -0.146. The van der Waals surface area contributed by atoms with Crippen LogP contribution in [0, 0.1) is 0 Å². The number of rotatable bonds is 7. The van der Waals surface area contributed by atoms with Gasteiger partial charge >= 0.3 is 5.97 Å². The second kappa shape index (κ2) is 10.4. The molecule has 2 N–H and O–H groups in total. The Kier molecular flexibility index (Phi) is 8.86. The Morgan fingerprint density at radius 2 is 1.96 bits per heavy atom. The summed E-state index contributed by atoms with van der Waals surface area (Å²) in [6, 6.07) is 4.82. The second-order valence-corrected chi connectivity index (χ2v) is 5.59. The first-order valence-corrected chi connectivity index (χ1v) is 7.79. The number of hydrogen-bond acceptors (Lipinski definition) is 5. The highest BCUT2D eigenvalue weighted by atomic mass is 35.5. The van der Waals surface area contributed by atoms with E-state index in [2.05, 4.69) is 10.6 Å². The van der Waals surface area contributed by atoms with Crippen LogP contribution >= 0.6 is 35.4 Å². The molecule has 0 aliphatic carbocycles. The summed E-state index contributed by atoms with van der Waals surface area (Å²) in [5.74, 6) is -0.881. The largest absolute Gasteiger partial charge is 0.463 e. The van der Waals surface area contributed by atoms with E-state index in [9.17, 15) is 9.59 Å². The Labute approximate surface area is 149 Å². The number of thiocarbonyl (C=S) groups is 1. The molecule has 1 aromatic carbocycles. The monoisotopic (exact) mass is 378 g/mol. The fourth-order valence-electron chi connectivity index (χ4n) is 1.46. The van der Waals surface area contributed by atoms with Crippen LogP contribution in [0.2, 0.25) is 10.0 Å². The minimum Gasteiger partial charge on any atom is -0.463 e. The van der Waals surface area contributed by atoms with Gasteiger partial charge in [-0.25, -0.2) is 0 Å². The van der Waals surface area contributed by atoms with Gasteiger partial charge in [-0.2, -0.15) is 0 Å². The average Bonchev–Trinajstić information content (AvgIpc) is 2.48. The van der Waals surface area contributed by atoms with Gasteiger partial charge in [0.05, 0.1) is 23.7 Å². The van der Waals surface area contributed by atoms with Crippen molar-refractivity contribution in [2.24, 2.45) is 0 Å². The molecule has 0 fully saturated rings. The standard InChI is InChI=1S/C14H16Cl2N2O4S/c1-21-6-7-22-13(20)5-4-12(19)18-14(23)17-11-3-2-9(15)8-10(11)16/h2-3,8H,4-7H2,1H3,(H2,17,18,19,23). The zero-order valence-corrected chi connectivity index (χ0v) is 14.7.